The molecule has 2 heterocycles. The molecule has 1 aromatic rings. The largest absolute Gasteiger partial charge is 0.334 e. The van der Waals surface area contributed by atoms with Crippen molar-refractivity contribution >= 4 is 35.0 Å². The van der Waals surface area contributed by atoms with Crippen molar-refractivity contribution in [2.24, 2.45) is 0 Å². The highest BCUT2D eigenvalue weighted by Crippen LogP contribution is 2.17. The van der Waals surface area contributed by atoms with Crippen molar-refractivity contribution in [3.8, 4) is 0 Å². The van der Waals surface area contributed by atoms with Crippen LogP contribution in [0.2, 0.25) is 0 Å². The number of nitrogens with zero attached hydrogens (tertiary/aromatic N) is 2. The maximum atomic E-state index is 11.9. The summed E-state index contributed by atoms with van der Waals surface area (Å²) in [6, 6.07) is 2.18. The van der Waals surface area contributed by atoms with E-state index in [1.165, 1.54) is 11.3 Å². The number of rotatable bonds is 4. The fourth-order valence-electron chi connectivity index (χ4n) is 1.78. The van der Waals surface area contributed by atoms with Gasteiger partial charge >= 0.3 is 17.8 Å². The molecule has 0 atom stereocenters. The van der Waals surface area contributed by atoms with Crippen molar-refractivity contribution in [2.75, 3.05) is 6.54 Å². The second kappa shape index (κ2) is 4.93. The quantitative estimate of drug-likeness (QED) is 0.471. The number of ketones is 1. The summed E-state index contributed by atoms with van der Waals surface area (Å²) in [5.74, 6) is -2.17. The van der Waals surface area contributed by atoms with Gasteiger partial charge in [-0.1, -0.05) is 6.07 Å². The zero-order chi connectivity index (χ0) is 14.2. The molecule has 1 aliphatic heterocycles. The Kier molecular flexibility index (Phi) is 3.48. The second-order valence-corrected chi connectivity index (χ2v) is 5.29. The SMILES string of the molecule is CC(C)N1C(=O)C(=O)N(CC(=O)c2cccs2)C1=O. The van der Waals surface area contributed by atoms with Crippen molar-refractivity contribution in [3.05, 3.63) is 22.4 Å². The lowest BCUT2D eigenvalue weighted by Gasteiger charge is -2.17. The van der Waals surface area contributed by atoms with E-state index in [0.717, 1.165) is 4.90 Å². The highest BCUT2D eigenvalue weighted by Gasteiger charge is 2.46. The molecule has 0 aromatic carbocycles. The molecule has 4 amide bonds. The number of hydrogen-bond donors (Lipinski definition) is 0. The van der Waals surface area contributed by atoms with Gasteiger partial charge in [0.25, 0.3) is 0 Å². The Morgan fingerprint density at radius 2 is 1.95 bits per heavy atom. The Morgan fingerprint density at radius 3 is 2.42 bits per heavy atom. The van der Waals surface area contributed by atoms with Crippen molar-refractivity contribution in [2.45, 2.75) is 19.9 Å². The molecule has 6 nitrogen and oxygen atoms in total. The van der Waals surface area contributed by atoms with Crippen LogP contribution in [0.5, 0.6) is 0 Å². The van der Waals surface area contributed by atoms with Crippen molar-refractivity contribution in [3.63, 3.8) is 0 Å². The molecule has 1 saturated heterocycles. The molecule has 0 radical (unpaired) electrons. The third kappa shape index (κ3) is 2.28. The predicted octanol–water partition coefficient (Wildman–Crippen LogP) is 1.13. The smallest absolute Gasteiger partial charge is 0.291 e. The Bertz CT molecular complexity index is 550. The molecule has 0 saturated carbocycles. The van der Waals surface area contributed by atoms with Gasteiger partial charge in [0.2, 0.25) is 0 Å². The Morgan fingerprint density at radius 1 is 1.26 bits per heavy atom. The molecule has 7 heteroatoms. The Labute approximate surface area is 113 Å². The van der Waals surface area contributed by atoms with Gasteiger partial charge in [0, 0.05) is 6.04 Å². The summed E-state index contributed by atoms with van der Waals surface area (Å²) in [5, 5.41) is 1.73. The van der Waals surface area contributed by atoms with Crippen LogP contribution in [0.1, 0.15) is 23.5 Å². The minimum Gasteiger partial charge on any atom is -0.291 e. The fraction of sp³-hybridized carbons (Fsp3) is 0.333. The summed E-state index contributed by atoms with van der Waals surface area (Å²) in [6.07, 6.45) is 0. The molecule has 1 aliphatic rings. The fourth-order valence-corrected chi connectivity index (χ4v) is 2.43. The van der Waals surface area contributed by atoms with Gasteiger partial charge in [0.1, 0.15) is 0 Å². The van der Waals surface area contributed by atoms with Gasteiger partial charge in [0.15, 0.2) is 5.78 Å². The first-order valence-corrected chi connectivity index (χ1v) is 6.57. The van der Waals surface area contributed by atoms with E-state index in [0.29, 0.717) is 9.78 Å². The van der Waals surface area contributed by atoms with E-state index in [1.807, 2.05) is 0 Å². The van der Waals surface area contributed by atoms with E-state index in [2.05, 4.69) is 0 Å². The minimum absolute atomic E-state index is 0.352. The van der Waals surface area contributed by atoms with Gasteiger partial charge < -0.3 is 0 Å². The summed E-state index contributed by atoms with van der Waals surface area (Å²) in [5.41, 5.74) is 0. The first-order chi connectivity index (χ1) is 8.93. The van der Waals surface area contributed by atoms with Crippen LogP contribution in [0.4, 0.5) is 4.79 Å². The van der Waals surface area contributed by atoms with E-state index in [1.54, 1.807) is 31.4 Å². The van der Waals surface area contributed by atoms with Gasteiger partial charge in [-0.25, -0.2) is 9.69 Å². The van der Waals surface area contributed by atoms with Crippen molar-refractivity contribution < 1.29 is 19.2 Å². The number of carbonyl (C=O) groups excluding carboxylic acids is 4. The molecule has 0 aliphatic carbocycles. The molecule has 0 unspecified atom stereocenters. The summed E-state index contributed by atoms with van der Waals surface area (Å²) in [7, 11) is 0. The minimum atomic E-state index is -0.941. The highest BCUT2D eigenvalue weighted by atomic mass is 32.1. The Hall–Kier alpha value is -2.02. The average Bonchev–Trinajstić information content (AvgIpc) is 2.93. The van der Waals surface area contributed by atoms with Gasteiger partial charge in [0.05, 0.1) is 11.4 Å². The molecule has 2 rings (SSSR count). The lowest BCUT2D eigenvalue weighted by atomic mass is 10.3. The number of carbonyl (C=O) groups is 4. The van der Waals surface area contributed by atoms with Crippen LogP contribution in [0, 0.1) is 0 Å². The number of hydrogen-bond acceptors (Lipinski definition) is 5. The molecule has 100 valence electrons. The van der Waals surface area contributed by atoms with Crippen LogP contribution in [-0.2, 0) is 9.59 Å². The molecular weight excluding hydrogens is 268 g/mol. The monoisotopic (exact) mass is 280 g/mol. The summed E-state index contributed by atoms with van der Waals surface area (Å²) in [4.78, 5) is 49.2. The number of urea groups is 1. The summed E-state index contributed by atoms with van der Waals surface area (Å²) < 4.78 is 0. The zero-order valence-electron chi connectivity index (χ0n) is 10.5. The Balaban J connectivity index is 2.17. The van der Waals surface area contributed by atoms with E-state index in [4.69, 9.17) is 0 Å². The van der Waals surface area contributed by atoms with Crippen LogP contribution in [-0.4, -0.2) is 46.0 Å². The first kappa shape index (κ1) is 13.4. The van der Waals surface area contributed by atoms with Gasteiger partial charge in [-0.15, -0.1) is 11.3 Å². The normalized spacial score (nSPS) is 15.8. The summed E-state index contributed by atoms with van der Waals surface area (Å²) >= 11 is 1.23. The third-order valence-electron chi connectivity index (χ3n) is 2.70. The van der Waals surface area contributed by atoms with Crippen molar-refractivity contribution in [1.29, 1.82) is 0 Å². The van der Waals surface area contributed by atoms with Crippen LogP contribution < -0.4 is 0 Å². The molecule has 0 N–H and O–H groups in total. The van der Waals surface area contributed by atoms with Crippen LogP contribution in [0.3, 0.4) is 0 Å². The number of imide groups is 2. The second-order valence-electron chi connectivity index (χ2n) is 4.34. The summed E-state index contributed by atoms with van der Waals surface area (Å²) in [6.45, 7) is 2.87. The van der Waals surface area contributed by atoms with Gasteiger partial charge in [-0.3, -0.25) is 19.3 Å². The number of thiophene rings is 1. The van der Waals surface area contributed by atoms with Crippen molar-refractivity contribution in [1.82, 2.24) is 9.80 Å². The molecular formula is C12H12N2O4S. The lowest BCUT2D eigenvalue weighted by molar-refractivity contribution is -0.143. The molecule has 19 heavy (non-hydrogen) atoms. The predicted molar refractivity (Wildman–Crippen MR) is 67.7 cm³/mol. The van der Waals surface area contributed by atoms with Gasteiger partial charge in [-0.2, -0.15) is 0 Å². The average molecular weight is 280 g/mol. The standard InChI is InChI=1S/C12H12N2O4S/c1-7(2)14-11(17)10(16)13(12(14)18)6-8(15)9-4-3-5-19-9/h3-5,7H,6H2,1-2H3. The van der Waals surface area contributed by atoms with E-state index in [9.17, 15) is 19.2 Å². The topological polar surface area (TPSA) is 74.8 Å². The maximum absolute atomic E-state index is 11.9. The van der Waals surface area contributed by atoms with Crippen LogP contribution >= 0.6 is 11.3 Å². The molecule has 1 aromatic heterocycles. The van der Waals surface area contributed by atoms with E-state index < -0.39 is 30.4 Å². The lowest BCUT2D eigenvalue weighted by Crippen LogP contribution is -2.39. The highest BCUT2D eigenvalue weighted by molar-refractivity contribution is 7.12. The number of Topliss-reactive ketones (excluding diaryl/α,β-unsaturated/α-hetero) is 1. The molecule has 0 bridgehead atoms. The molecule has 0 spiro atoms. The number of amides is 4. The maximum Gasteiger partial charge on any atom is 0.334 e. The molecule has 1 fully saturated rings. The van der Waals surface area contributed by atoms with E-state index in [-0.39, 0.29) is 5.78 Å². The zero-order valence-corrected chi connectivity index (χ0v) is 11.3. The first-order valence-electron chi connectivity index (χ1n) is 5.69. The van der Waals surface area contributed by atoms with E-state index >= 15 is 0 Å². The third-order valence-corrected chi connectivity index (χ3v) is 3.61. The van der Waals surface area contributed by atoms with Gasteiger partial charge in [-0.05, 0) is 25.3 Å². The van der Waals surface area contributed by atoms with Crippen LogP contribution in [0.25, 0.3) is 0 Å². The van der Waals surface area contributed by atoms with Crippen LogP contribution in [0.15, 0.2) is 17.5 Å².